The summed E-state index contributed by atoms with van der Waals surface area (Å²) in [5.74, 6) is 0.378. The highest BCUT2D eigenvalue weighted by atomic mass is 32.2. The van der Waals surface area contributed by atoms with E-state index in [-0.39, 0.29) is 11.5 Å². The summed E-state index contributed by atoms with van der Waals surface area (Å²) in [6.07, 6.45) is 3.37. The van der Waals surface area contributed by atoms with Gasteiger partial charge in [0, 0.05) is 19.3 Å². The van der Waals surface area contributed by atoms with Crippen molar-refractivity contribution in [2.45, 2.75) is 20.4 Å². The molecule has 0 N–H and O–H groups in total. The number of anilines is 1. The number of thioether (sulfide) groups is 1. The van der Waals surface area contributed by atoms with Gasteiger partial charge in [0.1, 0.15) is 15.8 Å². The Morgan fingerprint density at radius 3 is 2.59 bits per heavy atom. The molecule has 0 atom stereocenters. The Morgan fingerprint density at radius 1 is 1.12 bits per heavy atom. The van der Waals surface area contributed by atoms with Gasteiger partial charge in [0.05, 0.1) is 30.2 Å². The summed E-state index contributed by atoms with van der Waals surface area (Å²) in [6, 6.07) is 11.8. The average Bonchev–Trinajstić information content (AvgIpc) is 3.10. The standard InChI is InChI=1S/C25H24N4O3S2/c1-16-5-7-18(8-6-16)15-29-24(31)20(34-25(29)33)14-19-22(27-10-12-32-13-11-27)26-21-17(2)4-3-9-28(21)23(19)30/h3-9,14H,10-13,15H2,1-2H3. The van der Waals surface area contributed by atoms with E-state index in [1.807, 2.05) is 50.2 Å². The van der Waals surface area contributed by atoms with Gasteiger partial charge in [-0.1, -0.05) is 59.9 Å². The van der Waals surface area contributed by atoms with Crippen molar-refractivity contribution >= 4 is 51.7 Å². The molecule has 0 radical (unpaired) electrons. The third-order valence-corrected chi connectivity index (χ3v) is 7.36. The molecule has 2 fully saturated rings. The van der Waals surface area contributed by atoms with Crippen LogP contribution in [0, 0.1) is 13.8 Å². The SMILES string of the molecule is Cc1ccc(CN2C(=O)C(=Cc3c(N4CCOCC4)nc4c(C)cccn4c3=O)SC2=S)cc1. The molecule has 2 aliphatic heterocycles. The number of thiocarbonyl (C=S) groups is 1. The number of aromatic nitrogens is 2. The molecule has 7 nitrogen and oxygen atoms in total. The van der Waals surface area contributed by atoms with E-state index in [2.05, 4.69) is 4.90 Å². The first kappa shape index (κ1) is 22.8. The number of benzene rings is 1. The molecule has 0 saturated carbocycles. The molecule has 0 spiro atoms. The van der Waals surface area contributed by atoms with Crippen molar-refractivity contribution in [1.82, 2.24) is 14.3 Å². The van der Waals surface area contributed by atoms with Crippen molar-refractivity contribution in [3.63, 3.8) is 0 Å². The number of pyridine rings is 1. The number of fused-ring (bicyclic) bond motifs is 1. The fourth-order valence-corrected chi connectivity index (χ4v) is 5.32. The molecule has 4 heterocycles. The van der Waals surface area contributed by atoms with Crippen molar-refractivity contribution in [2.24, 2.45) is 0 Å². The van der Waals surface area contributed by atoms with Gasteiger partial charge in [-0.15, -0.1) is 0 Å². The molecule has 0 aliphatic carbocycles. The molecule has 0 bridgehead atoms. The number of hydrogen-bond acceptors (Lipinski definition) is 7. The molecule has 1 aromatic carbocycles. The van der Waals surface area contributed by atoms with E-state index in [4.69, 9.17) is 21.9 Å². The van der Waals surface area contributed by atoms with E-state index in [0.717, 1.165) is 16.7 Å². The summed E-state index contributed by atoms with van der Waals surface area (Å²) in [4.78, 5) is 35.8. The Labute approximate surface area is 207 Å². The lowest BCUT2D eigenvalue weighted by atomic mass is 10.1. The number of carbonyl (C=O) groups is 1. The minimum Gasteiger partial charge on any atom is -0.378 e. The number of amides is 1. The van der Waals surface area contributed by atoms with E-state index in [1.54, 1.807) is 17.2 Å². The average molecular weight is 493 g/mol. The first-order chi connectivity index (χ1) is 16.4. The van der Waals surface area contributed by atoms with Crippen LogP contribution in [0.2, 0.25) is 0 Å². The fraction of sp³-hybridized carbons (Fsp3) is 0.280. The van der Waals surface area contributed by atoms with Crippen LogP contribution in [0.5, 0.6) is 0 Å². The molecule has 1 amide bonds. The van der Waals surface area contributed by atoms with Gasteiger partial charge in [0.25, 0.3) is 11.5 Å². The lowest BCUT2D eigenvalue weighted by Crippen LogP contribution is -2.38. The van der Waals surface area contributed by atoms with Gasteiger partial charge in [-0.25, -0.2) is 4.98 Å². The van der Waals surface area contributed by atoms with Gasteiger partial charge in [-0.2, -0.15) is 0 Å². The monoisotopic (exact) mass is 492 g/mol. The first-order valence-electron chi connectivity index (χ1n) is 11.1. The van der Waals surface area contributed by atoms with Gasteiger partial charge < -0.3 is 9.64 Å². The normalized spacial score (nSPS) is 17.9. The van der Waals surface area contributed by atoms with Gasteiger partial charge in [0.2, 0.25) is 0 Å². The molecule has 2 aliphatic rings. The van der Waals surface area contributed by atoms with Gasteiger partial charge in [-0.3, -0.25) is 18.9 Å². The zero-order chi connectivity index (χ0) is 23.8. The number of morpholine rings is 1. The van der Waals surface area contributed by atoms with Crippen LogP contribution in [0.15, 0.2) is 52.3 Å². The van der Waals surface area contributed by atoms with Gasteiger partial charge in [0.15, 0.2) is 0 Å². The van der Waals surface area contributed by atoms with Crippen molar-refractivity contribution in [3.05, 3.63) is 80.1 Å². The summed E-state index contributed by atoms with van der Waals surface area (Å²) in [5.41, 5.74) is 3.85. The van der Waals surface area contributed by atoms with Crippen LogP contribution < -0.4 is 10.5 Å². The van der Waals surface area contributed by atoms with E-state index >= 15 is 0 Å². The van der Waals surface area contributed by atoms with E-state index < -0.39 is 0 Å². The molecule has 174 valence electrons. The largest absolute Gasteiger partial charge is 0.378 e. The molecular weight excluding hydrogens is 468 g/mol. The molecule has 34 heavy (non-hydrogen) atoms. The van der Waals surface area contributed by atoms with Crippen LogP contribution in [-0.4, -0.2) is 50.8 Å². The number of hydrogen-bond donors (Lipinski definition) is 0. The number of rotatable bonds is 4. The summed E-state index contributed by atoms with van der Waals surface area (Å²) in [6.45, 7) is 6.73. The molecule has 3 aromatic rings. The first-order valence-corrected chi connectivity index (χ1v) is 12.3. The number of ether oxygens (including phenoxy) is 1. The summed E-state index contributed by atoms with van der Waals surface area (Å²) in [7, 11) is 0. The Morgan fingerprint density at radius 2 is 1.85 bits per heavy atom. The molecule has 2 saturated heterocycles. The highest BCUT2D eigenvalue weighted by molar-refractivity contribution is 8.26. The Balaban J connectivity index is 1.57. The number of aryl methyl sites for hydroxylation is 2. The second-order valence-electron chi connectivity index (χ2n) is 8.39. The fourth-order valence-electron chi connectivity index (χ4n) is 4.09. The van der Waals surface area contributed by atoms with Crippen LogP contribution >= 0.6 is 24.0 Å². The van der Waals surface area contributed by atoms with Gasteiger partial charge in [-0.05, 0) is 37.1 Å². The van der Waals surface area contributed by atoms with Crippen LogP contribution in [0.3, 0.4) is 0 Å². The topological polar surface area (TPSA) is 67.2 Å². The third kappa shape index (κ3) is 4.26. The Kier molecular flexibility index (Phi) is 6.24. The highest BCUT2D eigenvalue weighted by Gasteiger charge is 2.33. The predicted molar refractivity (Wildman–Crippen MR) is 139 cm³/mol. The van der Waals surface area contributed by atoms with E-state index in [1.165, 1.54) is 16.2 Å². The van der Waals surface area contributed by atoms with Crippen LogP contribution in [0.1, 0.15) is 22.3 Å². The zero-order valence-corrected chi connectivity index (χ0v) is 20.6. The van der Waals surface area contributed by atoms with E-state index in [9.17, 15) is 9.59 Å². The van der Waals surface area contributed by atoms with Gasteiger partial charge >= 0.3 is 0 Å². The molecule has 0 unspecified atom stereocenters. The van der Waals surface area contributed by atoms with Crippen molar-refractivity contribution in [3.8, 4) is 0 Å². The molecule has 2 aromatic heterocycles. The second-order valence-corrected chi connectivity index (χ2v) is 10.1. The highest BCUT2D eigenvalue weighted by Crippen LogP contribution is 2.34. The summed E-state index contributed by atoms with van der Waals surface area (Å²) in [5, 5.41) is 0. The lowest BCUT2D eigenvalue weighted by molar-refractivity contribution is -0.122. The lowest BCUT2D eigenvalue weighted by Gasteiger charge is -2.29. The maximum absolute atomic E-state index is 13.6. The maximum atomic E-state index is 13.6. The smallest absolute Gasteiger partial charge is 0.267 e. The summed E-state index contributed by atoms with van der Waals surface area (Å²) >= 11 is 6.74. The van der Waals surface area contributed by atoms with Crippen LogP contribution in [0.25, 0.3) is 11.7 Å². The molecule has 5 rings (SSSR count). The number of carbonyl (C=O) groups excluding carboxylic acids is 1. The Hall–Kier alpha value is -3.01. The Bertz CT molecular complexity index is 1380. The second kappa shape index (κ2) is 9.32. The minimum atomic E-state index is -0.209. The molecule has 9 heteroatoms. The zero-order valence-electron chi connectivity index (χ0n) is 19.0. The maximum Gasteiger partial charge on any atom is 0.267 e. The van der Waals surface area contributed by atoms with E-state index in [0.29, 0.717) is 59.1 Å². The summed E-state index contributed by atoms with van der Waals surface area (Å²) < 4.78 is 7.52. The van der Waals surface area contributed by atoms with Crippen molar-refractivity contribution in [1.29, 1.82) is 0 Å². The van der Waals surface area contributed by atoms with Crippen molar-refractivity contribution in [2.75, 3.05) is 31.2 Å². The van der Waals surface area contributed by atoms with Crippen LogP contribution in [0.4, 0.5) is 5.82 Å². The number of nitrogens with zero attached hydrogens (tertiary/aromatic N) is 4. The third-order valence-electron chi connectivity index (χ3n) is 5.99. The van der Waals surface area contributed by atoms with Crippen LogP contribution in [-0.2, 0) is 16.1 Å². The quantitative estimate of drug-likeness (QED) is 0.408. The van der Waals surface area contributed by atoms with Crippen molar-refractivity contribution < 1.29 is 9.53 Å². The predicted octanol–water partition coefficient (Wildman–Crippen LogP) is 3.55. The minimum absolute atomic E-state index is 0.197. The molecular formula is C25H24N4O3S2.